The molecule has 0 spiro atoms. The third kappa shape index (κ3) is 14.0. The minimum Gasteiger partial charge on any atom is -0.396 e. The molecule has 3 unspecified atom stereocenters. The highest BCUT2D eigenvalue weighted by molar-refractivity contribution is 4.65. The predicted molar refractivity (Wildman–Crippen MR) is 75.8 cm³/mol. The molecular formula is C14H32O5. The van der Waals surface area contributed by atoms with Gasteiger partial charge in [0.15, 0.2) is 0 Å². The molecule has 0 aromatic heterocycles. The van der Waals surface area contributed by atoms with Gasteiger partial charge >= 0.3 is 0 Å². The van der Waals surface area contributed by atoms with Gasteiger partial charge in [0.2, 0.25) is 0 Å². The van der Waals surface area contributed by atoms with Crippen LogP contribution in [0, 0.1) is 5.92 Å². The summed E-state index contributed by atoms with van der Waals surface area (Å²) in [4.78, 5) is 0. The van der Waals surface area contributed by atoms with Crippen LogP contribution in [0.25, 0.3) is 0 Å². The van der Waals surface area contributed by atoms with Crippen LogP contribution in [0.1, 0.15) is 52.4 Å². The van der Waals surface area contributed by atoms with E-state index in [2.05, 4.69) is 0 Å². The Balaban J connectivity index is 0. The van der Waals surface area contributed by atoms with E-state index in [0.29, 0.717) is 12.8 Å². The summed E-state index contributed by atoms with van der Waals surface area (Å²) >= 11 is 0. The second-order valence-electron chi connectivity index (χ2n) is 4.76. The lowest BCUT2D eigenvalue weighted by atomic mass is 9.97. The van der Waals surface area contributed by atoms with E-state index in [1.807, 2.05) is 13.8 Å². The molecule has 0 aromatic carbocycles. The highest BCUT2D eigenvalue weighted by Crippen LogP contribution is 2.12. The average Bonchev–Trinajstić information content (AvgIpc) is 2.41. The van der Waals surface area contributed by atoms with Crippen LogP contribution in [0.15, 0.2) is 0 Å². The normalized spacial score (nSPS) is 15.3. The summed E-state index contributed by atoms with van der Waals surface area (Å²) < 4.78 is 0. The summed E-state index contributed by atoms with van der Waals surface area (Å²) in [5.41, 5.74) is 0. The summed E-state index contributed by atoms with van der Waals surface area (Å²) in [5, 5.41) is 43.5. The molecule has 0 rings (SSSR count). The fraction of sp³-hybridized carbons (Fsp3) is 1.00. The van der Waals surface area contributed by atoms with Crippen molar-refractivity contribution in [2.24, 2.45) is 5.92 Å². The van der Waals surface area contributed by atoms with Crippen molar-refractivity contribution < 1.29 is 25.5 Å². The smallest absolute Gasteiger partial charge is 0.0771 e. The molecule has 0 bridgehead atoms. The first kappa shape index (κ1) is 21.1. The Hall–Kier alpha value is -0.200. The Kier molecular flexibility index (Phi) is 17.6. The molecule has 118 valence electrons. The van der Waals surface area contributed by atoms with Gasteiger partial charge in [0.05, 0.1) is 18.8 Å². The molecule has 0 aliphatic carbocycles. The van der Waals surface area contributed by atoms with Crippen LogP contribution in [0.2, 0.25) is 0 Å². The Labute approximate surface area is 116 Å². The first-order chi connectivity index (χ1) is 9.06. The average molecular weight is 280 g/mol. The molecule has 3 atom stereocenters. The van der Waals surface area contributed by atoms with Gasteiger partial charge in [-0.25, -0.2) is 0 Å². The second-order valence-corrected chi connectivity index (χ2v) is 4.76. The third-order valence-corrected chi connectivity index (χ3v) is 3.04. The summed E-state index contributed by atoms with van der Waals surface area (Å²) in [6, 6.07) is 0. The lowest BCUT2D eigenvalue weighted by Gasteiger charge is -2.17. The van der Waals surface area contributed by atoms with Gasteiger partial charge < -0.3 is 25.5 Å². The third-order valence-electron chi connectivity index (χ3n) is 3.04. The van der Waals surface area contributed by atoms with Crippen molar-refractivity contribution in [3.05, 3.63) is 0 Å². The second kappa shape index (κ2) is 15.9. The quantitative estimate of drug-likeness (QED) is 0.379. The van der Waals surface area contributed by atoms with Crippen LogP contribution < -0.4 is 0 Å². The summed E-state index contributed by atoms with van der Waals surface area (Å²) in [7, 11) is 0. The minimum absolute atomic E-state index is 0.0833. The summed E-state index contributed by atoms with van der Waals surface area (Å²) in [5.74, 6) is 0.0833. The maximum absolute atomic E-state index is 9.35. The van der Waals surface area contributed by atoms with Crippen molar-refractivity contribution in [2.75, 3.05) is 19.8 Å². The van der Waals surface area contributed by atoms with Crippen molar-refractivity contribution in [2.45, 2.75) is 64.6 Å². The highest BCUT2D eigenvalue weighted by atomic mass is 16.3. The van der Waals surface area contributed by atoms with E-state index in [0.717, 1.165) is 25.7 Å². The number of hydrogen-bond acceptors (Lipinski definition) is 5. The molecule has 5 heteroatoms. The molecule has 0 heterocycles. The van der Waals surface area contributed by atoms with Crippen molar-refractivity contribution >= 4 is 0 Å². The van der Waals surface area contributed by atoms with Crippen LogP contribution in [-0.4, -0.2) is 57.6 Å². The van der Waals surface area contributed by atoms with Gasteiger partial charge in [0.25, 0.3) is 0 Å². The Morgan fingerprint density at radius 2 is 1.47 bits per heavy atom. The monoisotopic (exact) mass is 280 g/mol. The SMILES string of the molecule is CCCC(O)C(CC)CO.OCCCCC(O)CO. The highest BCUT2D eigenvalue weighted by Gasteiger charge is 2.14. The maximum Gasteiger partial charge on any atom is 0.0771 e. The molecule has 19 heavy (non-hydrogen) atoms. The number of aliphatic hydroxyl groups is 5. The topological polar surface area (TPSA) is 101 Å². The molecule has 5 N–H and O–H groups in total. The summed E-state index contributed by atoms with van der Waals surface area (Å²) in [6.45, 7) is 4.12. The molecule has 0 aliphatic heterocycles. The van der Waals surface area contributed by atoms with Gasteiger partial charge in [-0.2, -0.15) is 0 Å². The van der Waals surface area contributed by atoms with Gasteiger partial charge in [0.1, 0.15) is 0 Å². The summed E-state index contributed by atoms with van der Waals surface area (Å²) in [6.07, 6.45) is 3.80. The fourth-order valence-corrected chi connectivity index (χ4v) is 1.64. The van der Waals surface area contributed by atoms with Crippen LogP contribution in [0.4, 0.5) is 0 Å². The van der Waals surface area contributed by atoms with E-state index < -0.39 is 6.10 Å². The van der Waals surface area contributed by atoms with E-state index in [9.17, 15) is 5.11 Å². The fourth-order valence-electron chi connectivity index (χ4n) is 1.64. The molecule has 0 aromatic rings. The Morgan fingerprint density at radius 1 is 0.842 bits per heavy atom. The minimum atomic E-state index is -0.600. The largest absolute Gasteiger partial charge is 0.396 e. The molecule has 0 fully saturated rings. The molecule has 0 radical (unpaired) electrons. The van der Waals surface area contributed by atoms with Crippen LogP contribution >= 0.6 is 0 Å². The lowest BCUT2D eigenvalue weighted by Crippen LogP contribution is -2.22. The van der Waals surface area contributed by atoms with Crippen LogP contribution in [0.3, 0.4) is 0 Å². The predicted octanol–water partition coefficient (Wildman–Crippen LogP) is 0.668. The number of unbranched alkanes of at least 4 members (excludes halogenated alkanes) is 1. The van der Waals surface area contributed by atoms with E-state index >= 15 is 0 Å². The van der Waals surface area contributed by atoms with Gasteiger partial charge in [-0.1, -0.05) is 20.3 Å². The van der Waals surface area contributed by atoms with Crippen molar-refractivity contribution in [3.63, 3.8) is 0 Å². The van der Waals surface area contributed by atoms with Crippen molar-refractivity contribution in [1.29, 1.82) is 0 Å². The Bertz CT molecular complexity index is 162. The van der Waals surface area contributed by atoms with Crippen LogP contribution in [-0.2, 0) is 0 Å². The Morgan fingerprint density at radius 3 is 1.84 bits per heavy atom. The van der Waals surface area contributed by atoms with E-state index in [1.54, 1.807) is 0 Å². The zero-order valence-corrected chi connectivity index (χ0v) is 12.3. The van der Waals surface area contributed by atoms with E-state index in [1.165, 1.54) is 0 Å². The van der Waals surface area contributed by atoms with Crippen LogP contribution in [0.5, 0.6) is 0 Å². The molecular weight excluding hydrogens is 248 g/mol. The molecule has 0 aliphatic rings. The first-order valence-corrected chi connectivity index (χ1v) is 7.25. The van der Waals surface area contributed by atoms with E-state index in [-0.39, 0.29) is 31.8 Å². The van der Waals surface area contributed by atoms with Crippen molar-refractivity contribution in [3.8, 4) is 0 Å². The number of hydrogen-bond donors (Lipinski definition) is 5. The van der Waals surface area contributed by atoms with Gasteiger partial charge in [-0.05, 0) is 32.1 Å². The lowest BCUT2D eigenvalue weighted by molar-refractivity contribution is 0.0584. The number of rotatable bonds is 10. The standard InChI is InChI=1S/C8H18O2.C6H14O3/c1-3-5-8(10)7(4-2)6-9;7-4-2-1-3-6(9)5-8/h7-10H,3-6H2,1-2H3;6-9H,1-5H2. The molecule has 0 saturated heterocycles. The zero-order valence-electron chi connectivity index (χ0n) is 12.3. The van der Waals surface area contributed by atoms with Gasteiger partial charge in [-0.15, -0.1) is 0 Å². The first-order valence-electron chi connectivity index (χ1n) is 7.25. The maximum atomic E-state index is 9.35. The number of aliphatic hydroxyl groups excluding tert-OH is 5. The zero-order chi connectivity index (χ0) is 15.1. The van der Waals surface area contributed by atoms with Gasteiger partial charge in [-0.3, -0.25) is 0 Å². The molecule has 0 saturated carbocycles. The van der Waals surface area contributed by atoms with E-state index in [4.69, 9.17) is 20.4 Å². The van der Waals surface area contributed by atoms with Crippen molar-refractivity contribution in [1.82, 2.24) is 0 Å². The molecule has 0 amide bonds. The molecule has 5 nitrogen and oxygen atoms in total. The van der Waals surface area contributed by atoms with Gasteiger partial charge in [0, 0.05) is 19.1 Å².